The molecule has 3 rings (SSSR count). The van der Waals surface area contributed by atoms with Crippen LogP contribution in [0.3, 0.4) is 0 Å². The van der Waals surface area contributed by atoms with Gasteiger partial charge in [-0.1, -0.05) is 51.1 Å². The summed E-state index contributed by atoms with van der Waals surface area (Å²) in [6, 6.07) is 12.2. The molecule has 0 amide bonds. The molecule has 0 radical (unpaired) electrons. The number of aromatic nitrogens is 1. The van der Waals surface area contributed by atoms with E-state index in [1.54, 1.807) is 30.0 Å². The van der Waals surface area contributed by atoms with E-state index in [0.717, 1.165) is 21.3 Å². The monoisotopic (exact) mass is 569 g/mol. The quantitative estimate of drug-likeness (QED) is 0.217. The van der Waals surface area contributed by atoms with Crippen molar-refractivity contribution in [1.29, 1.82) is 0 Å². The van der Waals surface area contributed by atoms with Crippen LogP contribution >= 0.6 is 34.4 Å². The van der Waals surface area contributed by atoms with Crippen LogP contribution in [0.4, 0.5) is 0 Å². The third-order valence-corrected chi connectivity index (χ3v) is 9.97. The highest BCUT2D eigenvalue weighted by Crippen LogP contribution is 2.29. The molecule has 0 fully saturated rings. The van der Waals surface area contributed by atoms with Gasteiger partial charge in [0.1, 0.15) is 0 Å². The molecule has 36 heavy (non-hydrogen) atoms. The van der Waals surface area contributed by atoms with Crippen molar-refractivity contribution >= 4 is 56.2 Å². The number of hydrogen-bond donors (Lipinski definition) is 0. The average Bonchev–Trinajstić information content (AvgIpc) is 3.48. The maximum atomic E-state index is 12.0. The van der Waals surface area contributed by atoms with Gasteiger partial charge in [0, 0.05) is 16.5 Å². The fraction of sp³-hybridized carbons (Fsp3) is 0.400. The molecule has 3 aromatic rings. The number of thiazole rings is 1. The maximum absolute atomic E-state index is 12.0. The van der Waals surface area contributed by atoms with Gasteiger partial charge in [0.25, 0.3) is 0 Å². The molecule has 0 spiro atoms. The van der Waals surface area contributed by atoms with Gasteiger partial charge in [-0.05, 0) is 30.9 Å². The highest BCUT2D eigenvalue weighted by atomic mass is 32.2. The number of thiophene rings is 1. The first-order valence-electron chi connectivity index (χ1n) is 11.2. The molecule has 0 aliphatic rings. The van der Waals surface area contributed by atoms with E-state index in [1.807, 2.05) is 57.3 Å². The van der Waals surface area contributed by atoms with Crippen LogP contribution in [0.15, 0.2) is 55.7 Å². The van der Waals surface area contributed by atoms with Gasteiger partial charge < -0.3 is 9.47 Å². The Balaban J connectivity index is 0.000000254. The zero-order chi connectivity index (χ0) is 26.8. The van der Waals surface area contributed by atoms with Crippen LogP contribution in [0.25, 0.3) is 0 Å². The predicted molar refractivity (Wildman–Crippen MR) is 146 cm³/mol. The van der Waals surface area contributed by atoms with Crippen LogP contribution in [-0.4, -0.2) is 44.3 Å². The summed E-state index contributed by atoms with van der Waals surface area (Å²) in [5, 5.41) is 3.26. The molecule has 0 saturated carbocycles. The molecule has 0 aliphatic heterocycles. The van der Waals surface area contributed by atoms with Gasteiger partial charge >= 0.3 is 11.9 Å². The molecule has 0 bridgehead atoms. The maximum Gasteiger partial charge on any atom is 0.357 e. The van der Waals surface area contributed by atoms with Crippen molar-refractivity contribution < 1.29 is 27.5 Å². The van der Waals surface area contributed by atoms with Gasteiger partial charge in [0.15, 0.2) is 5.69 Å². The molecule has 196 valence electrons. The van der Waals surface area contributed by atoms with Crippen molar-refractivity contribution in [3.8, 4) is 0 Å². The topological polar surface area (TPSA) is 99.6 Å². The summed E-state index contributed by atoms with van der Waals surface area (Å²) in [5.41, 5.74) is 1.63. The number of ether oxygens (including phenoxy) is 2. The van der Waals surface area contributed by atoms with Crippen LogP contribution in [0, 0.1) is 5.41 Å². The van der Waals surface area contributed by atoms with E-state index in [2.05, 4.69) is 17.1 Å². The standard InChI is InChI=1S/C14H14O2S2.C11H17NO4S2/c1-2-16-14(15)12-8-13(18-10-12)17-9-11-6-4-3-5-7-11;1-5-16-9(13)8-6-17-10(12-8)18(14,15)7-11(2,3)4/h3-8,10H,2,9H2,1H3;6H,5,7H2,1-4H3. The number of carbonyl (C=O) groups excluding carboxylic acids is 2. The van der Waals surface area contributed by atoms with Crippen molar-refractivity contribution in [3.63, 3.8) is 0 Å². The van der Waals surface area contributed by atoms with Gasteiger partial charge in [-0.3, -0.25) is 0 Å². The molecule has 7 nitrogen and oxygen atoms in total. The minimum Gasteiger partial charge on any atom is -0.462 e. The summed E-state index contributed by atoms with van der Waals surface area (Å²) in [7, 11) is -3.45. The molecule has 2 heterocycles. The van der Waals surface area contributed by atoms with Crippen molar-refractivity contribution in [3.05, 3.63) is 64.0 Å². The summed E-state index contributed by atoms with van der Waals surface area (Å²) in [5.74, 6) is 0.0885. The van der Waals surface area contributed by atoms with Gasteiger partial charge in [0.05, 0.1) is 28.7 Å². The number of rotatable bonds is 9. The van der Waals surface area contributed by atoms with E-state index in [1.165, 1.54) is 10.9 Å². The summed E-state index contributed by atoms with van der Waals surface area (Å²) in [6.45, 7) is 9.66. The fourth-order valence-corrected chi connectivity index (χ4v) is 7.60. The van der Waals surface area contributed by atoms with Gasteiger partial charge in [0.2, 0.25) is 14.2 Å². The second kappa shape index (κ2) is 13.9. The van der Waals surface area contributed by atoms with E-state index in [9.17, 15) is 18.0 Å². The molecule has 0 atom stereocenters. The lowest BCUT2D eigenvalue weighted by Crippen LogP contribution is -2.21. The number of sulfone groups is 1. The lowest BCUT2D eigenvalue weighted by molar-refractivity contribution is 0.0513. The highest BCUT2D eigenvalue weighted by Gasteiger charge is 2.27. The lowest BCUT2D eigenvalue weighted by atomic mass is 10.0. The van der Waals surface area contributed by atoms with E-state index in [-0.39, 0.29) is 33.8 Å². The molecule has 0 saturated heterocycles. The number of nitrogens with zero attached hydrogens (tertiary/aromatic N) is 1. The Morgan fingerprint density at radius 1 is 0.972 bits per heavy atom. The molecule has 0 unspecified atom stereocenters. The Morgan fingerprint density at radius 2 is 1.61 bits per heavy atom. The molecule has 0 aliphatic carbocycles. The highest BCUT2D eigenvalue weighted by molar-refractivity contribution is 8.00. The van der Waals surface area contributed by atoms with Crippen LogP contribution < -0.4 is 0 Å². The number of esters is 2. The number of thioether (sulfide) groups is 1. The number of benzene rings is 1. The van der Waals surface area contributed by atoms with E-state index < -0.39 is 15.8 Å². The van der Waals surface area contributed by atoms with E-state index in [4.69, 9.17) is 9.47 Å². The first-order chi connectivity index (χ1) is 16.9. The number of hydrogen-bond acceptors (Lipinski definition) is 10. The van der Waals surface area contributed by atoms with Crippen LogP contribution in [0.5, 0.6) is 0 Å². The van der Waals surface area contributed by atoms with Gasteiger partial charge in [-0.15, -0.1) is 34.4 Å². The number of carbonyl (C=O) groups is 2. The third kappa shape index (κ3) is 10.0. The minimum absolute atomic E-state index is 0.00419. The summed E-state index contributed by atoms with van der Waals surface area (Å²) in [4.78, 5) is 26.7. The third-order valence-electron chi connectivity index (χ3n) is 4.17. The summed E-state index contributed by atoms with van der Waals surface area (Å²) >= 11 is 4.28. The van der Waals surface area contributed by atoms with Crippen molar-refractivity contribution in [1.82, 2.24) is 4.98 Å². The normalized spacial score (nSPS) is 11.4. The summed E-state index contributed by atoms with van der Waals surface area (Å²) < 4.78 is 34.9. The van der Waals surface area contributed by atoms with E-state index >= 15 is 0 Å². The first kappa shape index (κ1) is 30.0. The largest absolute Gasteiger partial charge is 0.462 e. The molecule has 2 aromatic heterocycles. The zero-order valence-corrected chi connectivity index (χ0v) is 24.2. The van der Waals surface area contributed by atoms with Crippen LogP contribution in [0.1, 0.15) is 61.0 Å². The average molecular weight is 570 g/mol. The van der Waals surface area contributed by atoms with Crippen molar-refractivity contribution in [2.75, 3.05) is 19.0 Å². The zero-order valence-electron chi connectivity index (χ0n) is 21.0. The van der Waals surface area contributed by atoms with Crippen LogP contribution in [0.2, 0.25) is 0 Å². The lowest BCUT2D eigenvalue weighted by Gasteiger charge is -2.16. The molecule has 0 N–H and O–H groups in total. The predicted octanol–water partition coefficient (Wildman–Crippen LogP) is 6.36. The smallest absolute Gasteiger partial charge is 0.357 e. The molecule has 11 heteroatoms. The van der Waals surface area contributed by atoms with Gasteiger partial charge in [-0.25, -0.2) is 23.0 Å². The SMILES string of the molecule is CCOC(=O)c1csc(S(=O)(=O)CC(C)(C)C)n1.CCOC(=O)c1csc(SCc2ccccc2)c1. The van der Waals surface area contributed by atoms with E-state index in [0.29, 0.717) is 12.2 Å². The second-order valence-electron chi connectivity index (χ2n) is 8.69. The molecule has 1 aromatic carbocycles. The van der Waals surface area contributed by atoms with Crippen LogP contribution in [-0.2, 0) is 25.1 Å². The first-order valence-corrected chi connectivity index (χ1v) is 15.6. The Kier molecular flexibility index (Phi) is 11.6. The fourth-order valence-electron chi connectivity index (χ4n) is 2.77. The molecular formula is C25H31NO6S4. The van der Waals surface area contributed by atoms with Crippen molar-refractivity contribution in [2.24, 2.45) is 5.41 Å². The second-order valence-corrected chi connectivity index (χ2v) is 13.9. The summed E-state index contributed by atoms with van der Waals surface area (Å²) in [6.07, 6.45) is 0. The Hall–Kier alpha value is -2.21. The molecular weight excluding hydrogens is 539 g/mol. The minimum atomic E-state index is -3.45. The Morgan fingerprint density at radius 3 is 2.22 bits per heavy atom. The van der Waals surface area contributed by atoms with Crippen molar-refractivity contribution in [2.45, 2.75) is 48.9 Å². The Bertz CT molecular complexity index is 1230. The van der Waals surface area contributed by atoms with Gasteiger partial charge in [-0.2, -0.15) is 0 Å². The Labute approximate surface area is 225 Å².